The van der Waals surface area contributed by atoms with E-state index in [-0.39, 0.29) is 5.82 Å². The van der Waals surface area contributed by atoms with Gasteiger partial charge in [-0.05, 0) is 30.3 Å². The van der Waals surface area contributed by atoms with Crippen LogP contribution < -0.4 is 5.63 Å². The minimum absolute atomic E-state index is 0.351. The van der Waals surface area contributed by atoms with Gasteiger partial charge in [-0.25, -0.2) is 9.18 Å². The molecule has 0 fully saturated rings. The van der Waals surface area contributed by atoms with E-state index >= 15 is 0 Å². The van der Waals surface area contributed by atoms with E-state index in [4.69, 9.17) is 4.42 Å². The van der Waals surface area contributed by atoms with Crippen LogP contribution >= 0.6 is 11.8 Å². The van der Waals surface area contributed by atoms with E-state index < -0.39 is 5.63 Å². The molecule has 3 rings (SSSR count). The summed E-state index contributed by atoms with van der Waals surface area (Å²) in [5.74, 6) is -0.351. The van der Waals surface area contributed by atoms with Gasteiger partial charge in [0.25, 0.3) is 0 Å². The highest BCUT2D eigenvalue weighted by molar-refractivity contribution is 7.99. The van der Waals surface area contributed by atoms with Gasteiger partial charge in [0.15, 0.2) is 0 Å². The molecule has 0 N–H and O–H groups in total. The molecular formula is C15H9FO2S. The molecule has 4 heteroatoms. The van der Waals surface area contributed by atoms with E-state index in [9.17, 15) is 9.18 Å². The predicted octanol–water partition coefficient (Wildman–Crippen LogP) is 4.08. The van der Waals surface area contributed by atoms with Crippen LogP contribution in [0.15, 0.2) is 73.6 Å². The van der Waals surface area contributed by atoms with Gasteiger partial charge < -0.3 is 4.42 Å². The summed E-state index contributed by atoms with van der Waals surface area (Å²) in [5.41, 5.74) is -0.0372. The van der Waals surface area contributed by atoms with E-state index in [1.165, 1.54) is 36.0 Å². The molecular weight excluding hydrogens is 263 g/mol. The third-order valence-corrected chi connectivity index (χ3v) is 3.70. The van der Waals surface area contributed by atoms with Crippen molar-refractivity contribution in [3.05, 3.63) is 70.8 Å². The van der Waals surface area contributed by atoms with Crippen LogP contribution in [0.1, 0.15) is 0 Å². The van der Waals surface area contributed by atoms with Gasteiger partial charge in [0.1, 0.15) is 11.4 Å². The van der Waals surface area contributed by atoms with Crippen LogP contribution in [0.3, 0.4) is 0 Å². The molecule has 0 amide bonds. The van der Waals surface area contributed by atoms with Gasteiger partial charge >= 0.3 is 5.63 Å². The summed E-state index contributed by atoms with van der Waals surface area (Å²) in [6.45, 7) is 0. The molecule has 2 aromatic carbocycles. The molecule has 0 atom stereocenters. The number of hydrogen-bond donors (Lipinski definition) is 0. The maximum atomic E-state index is 13.3. The van der Waals surface area contributed by atoms with Crippen molar-refractivity contribution in [2.24, 2.45) is 0 Å². The van der Waals surface area contributed by atoms with Gasteiger partial charge in [-0.1, -0.05) is 30.0 Å². The zero-order chi connectivity index (χ0) is 13.2. The van der Waals surface area contributed by atoms with Gasteiger partial charge in [0, 0.05) is 21.2 Å². The highest BCUT2D eigenvalue weighted by Crippen LogP contribution is 2.32. The van der Waals surface area contributed by atoms with Gasteiger partial charge in [-0.15, -0.1) is 0 Å². The Labute approximate surface area is 112 Å². The molecule has 0 aliphatic carbocycles. The first-order chi connectivity index (χ1) is 9.22. The summed E-state index contributed by atoms with van der Waals surface area (Å²) in [7, 11) is 0. The first kappa shape index (κ1) is 12.0. The Morgan fingerprint density at radius 2 is 1.79 bits per heavy atom. The summed E-state index contributed by atoms with van der Waals surface area (Å²) in [6, 6.07) is 15.1. The topological polar surface area (TPSA) is 30.2 Å². The predicted molar refractivity (Wildman–Crippen MR) is 73.0 cm³/mol. The van der Waals surface area contributed by atoms with Crippen molar-refractivity contribution in [1.82, 2.24) is 0 Å². The molecule has 1 aromatic heterocycles. The van der Waals surface area contributed by atoms with E-state index in [0.29, 0.717) is 15.9 Å². The Bertz CT molecular complexity index is 781. The van der Waals surface area contributed by atoms with Crippen molar-refractivity contribution < 1.29 is 8.81 Å². The molecule has 0 saturated heterocycles. The Morgan fingerprint density at radius 3 is 2.58 bits per heavy atom. The number of hydrogen-bond acceptors (Lipinski definition) is 3. The van der Waals surface area contributed by atoms with Gasteiger partial charge in [0.2, 0.25) is 0 Å². The summed E-state index contributed by atoms with van der Waals surface area (Å²) in [4.78, 5) is 13.2. The van der Waals surface area contributed by atoms with Crippen molar-refractivity contribution in [2.75, 3.05) is 0 Å². The quantitative estimate of drug-likeness (QED) is 0.658. The van der Waals surface area contributed by atoms with Crippen LogP contribution in [0.25, 0.3) is 11.0 Å². The Kier molecular flexibility index (Phi) is 3.09. The van der Waals surface area contributed by atoms with Gasteiger partial charge in [-0.3, -0.25) is 0 Å². The monoisotopic (exact) mass is 272 g/mol. The van der Waals surface area contributed by atoms with Crippen molar-refractivity contribution in [3.8, 4) is 0 Å². The molecule has 0 bridgehead atoms. The highest BCUT2D eigenvalue weighted by Gasteiger charge is 2.08. The summed E-state index contributed by atoms with van der Waals surface area (Å²) >= 11 is 1.41. The SMILES string of the molecule is O=c1cc(Sc2ccccc2)c2cc(F)ccc2o1. The van der Waals surface area contributed by atoms with Crippen LogP contribution in [0.2, 0.25) is 0 Å². The molecule has 3 aromatic rings. The second-order valence-corrected chi connectivity index (χ2v) is 5.10. The zero-order valence-corrected chi connectivity index (χ0v) is 10.6. The maximum Gasteiger partial charge on any atom is 0.337 e. The highest BCUT2D eigenvalue weighted by atomic mass is 32.2. The standard InChI is InChI=1S/C15H9FO2S/c16-10-6-7-13-12(8-10)14(9-15(17)18-13)19-11-4-2-1-3-5-11/h1-9H. The van der Waals surface area contributed by atoms with E-state index in [2.05, 4.69) is 0 Å². The number of halogens is 1. The molecule has 19 heavy (non-hydrogen) atoms. The van der Waals surface area contributed by atoms with Gasteiger partial charge in [0.05, 0.1) is 0 Å². The summed E-state index contributed by atoms with van der Waals surface area (Å²) in [5, 5.41) is 0.605. The van der Waals surface area contributed by atoms with Crippen molar-refractivity contribution in [1.29, 1.82) is 0 Å². The van der Waals surface area contributed by atoms with E-state index in [1.807, 2.05) is 30.3 Å². The second kappa shape index (κ2) is 4.90. The minimum Gasteiger partial charge on any atom is -0.423 e. The fourth-order valence-electron chi connectivity index (χ4n) is 1.81. The Balaban J connectivity index is 2.17. The molecule has 2 nitrogen and oxygen atoms in total. The lowest BCUT2D eigenvalue weighted by atomic mass is 10.2. The van der Waals surface area contributed by atoms with Crippen LogP contribution in [0, 0.1) is 5.82 Å². The van der Waals surface area contributed by atoms with E-state index in [0.717, 1.165) is 4.90 Å². The first-order valence-corrected chi connectivity index (χ1v) is 6.50. The molecule has 0 spiro atoms. The number of rotatable bonds is 2. The third kappa shape index (κ3) is 2.53. The molecule has 0 aliphatic rings. The largest absolute Gasteiger partial charge is 0.423 e. The summed E-state index contributed by atoms with van der Waals surface area (Å²) in [6.07, 6.45) is 0. The molecule has 1 heterocycles. The fraction of sp³-hybridized carbons (Fsp3) is 0. The molecule has 0 aliphatic heterocycles. The fourth-order valence-corrected chi connectivity index (χ4v) is 2.78. The Hall–Kier alpha value is -2.07. The van der Waals surface area contributed by atoms with Gasteiger partial charge in [-0.2, -0.15) is 0 Å². The molecule has 0 saturated carbocycles. The third-order valence-electron chi connectivity index (χ3n) is 2.64. The normalized spacial score (nSPS) is 10.8. The molecule has 0 unspecified atom stereocenters. The zero-order valence-electron chi connectivity index (χ0n) is 9.80. The lowest BCUT2D eigenvalue weighted by Crippen LogP contribution is -1.97. The van der Waals surface area contributed by atoms with Crippen LogP contribution in [0.5, 0.6) is 0 Å². The van der Waals surface area contributed by atoms with Crippen molar-refractivity contribution in [3.63, 3.8) is 0 Å². The van der Waals surface area contributed by atoms with Crippen LogP contribution in [-0.2, 0) is 0 Å². The van der Waals surface area contributed by atoms with Crippen molar-refractivity contribution in [2.45, 2.75) is 9.79 Å². The molecule has 94 valence electrons. The average molecular weight is 272 g/mol. The lowest BCUT2D eigenvalue weighted by molar-refractivity contribution is 0.555. The van der Waals surface area contributed by atoms with E-state index in [1.54, 1.807) is 0 Å². The Morgan fingerprint density at radius 1 is 1.00 bits per heavy atom. The van der Waals surface area contributed by atoms with Crippen molar-refractivity contribution >= 4 is 22.7 Å². The van der Waals surface area contributed by atoms with Crippen LogP contribution in [-0.4, -0.2) is 0 Å². The maximum absolute atomic E-state index is 13.3. The number of benzene rings is 2. The first-order valence-electron chi connectivity index (χ1n) is 5.69. The minimum atomic E-state index is -0.433. The average Bonchev–Trinajstić information content (AvgIpc) is 2.41. The smallest absolute Gasteiger partial charge is 0.337 e. The lowest BCUT2D eigenvalue weighted by Gasteiger charge is -2.05. The van der Waals surface area contributed by atoms with Crippen LogP contribution in [0.4, 0.5) is 4.39 Å². The molecule has 0 radical (unpaired) electrons. The summed E-state index contributed by atoms with van der Waals surface area (Å²) < 4.78 is 18.4. The number of fused-ring (bicyclic) bond motifs is 1. The second-order valence-electron chi connectivity index (χ2n) is 3.99.